The van der Waals surface area contributed by atoms with Gasteiger partial charge >= 0.3 is 6.18 Å². The van der Waals surface area contributed by atoms with Crippen LogP contribution < -0.4 is 4.74 Å². The van der Waals surface area contributed by atoms with E-state index in [1.807, 2.05) is 4.57 Å². The first-order chi connectivity index (χ1) is 19.2. The van der Waals surface area contributed by atoms with E-state index in [1.165, 1.54) is 18.2 Å². The zero-order valence-electron chi connectivity index (χ0n) is 21.3. The topological polar surface area (TPSA) is 39.9 Å². The highest BCUT2D eigenvalue weighted by molar-refractivity contribution is 5.70. The van der Waals surface area contributed by atoms with E-state index in [9.17, 15) is 22.0 Å². The molecule has 40 heavy (non-hydrogen) atoms. The van der Waals surface area contributed by atoms with Crippen molar-refractivity contribution in [2.24, 2.45) is 5.92 Å². The minimum atomic E-state index is -4.52. The van der Waals surface area contributed by atoms with Crippen molar-refractivity contribution in [2.75, 3.05) is 6.61 Å². The normalized spacial score (nSPS) is 13.9. The molecular formula is C31H24F5N3O. The van der Waals surface area contributed by atoms with Crippen molar-refractivity contribution in [1.82, 2.24) is 14.5 Å². The Morgan fingerprint density at radius 1 is 0.875 bits per heavy atom. The number of pyridine rings is 1. The number of rotatable bonds is 7. The van der Waals surface area contributed by atoms with Gasteiger partial charge in [0.15, 0.2) is 17.5 Å². The van der Waals surface area contributed by atoms with Gasteiger partial charge in [-0.15, -0.1) is 0 Å². The van der Waals surface area contributed by atoms with E-state index in [-0.39, 0.29) is 22.7 Å². The summed E-state index contributed by atoms with van der Waals surface area (Å²) in [5.41, 5.74) is 1.69. The molecule has 9 heteroatoms. The number of ether oxygens (including phenoxy) is 1. The van der Waals surface area contributed by atoms with Crippen LogP contribution in [0.3, 0.4) is 0 Å². The van der Waals surface area contributed by atoms with E-state index in [1.54, 1.807) is 48.8 Å². The first-order valence-corrected chi connectivity index (χ1v) is 13.0. The maximum Gasteiger partial charge on any atom is 0.417 e. The van der Waals surface area contributed by atoms with Crippen LogP contribution in [0.15, 0.2) is 79.1 Å². The van der Waals surface area contributed by atoms with Crippen LogP contribution >= 0.6 is 0 Å². The maximum absolute atomic E-state index is 14.2. The second kappa shape index (κ2) is 10.4. The van der Waals surface area contributed by atoms with Gasteiger partial charge in [-0.2, -0.15) is 13.2 Å². The summed E-state index contributed by atoms with van der Waals surface area (Å²) in [5.74, 6) is -1.24. The number of halogens is 5. The predicted molar refractivity (Wildman–Crippen MR) is 141 cm³/mol. The van der Waals surface area contributed by atoms with E-state index in [0.717, 1.165) is 37.0 Å². The van der Waals surface area contributed by atoms with Gasteiger partial charge in [0, 0.05) is 18.9 Å². The molecular weight excluding hydrogens is 525 g/mol. The molecule has 1 fully saturated rings. The molecule has 3 aromatic rings. The molecule has 0 spiro atoms. The second-order valence-electron chi connectivity index (χ2n) is 10.0. The molecule has 0 bridgehead atoms. The Labute approximate surface area is 227 Å². The number of aromatic nitrogens is 3. The first-order valence-electron chi connectivity index (χ1n) is 13.0. The quantitative estimate of drug-likeness (QED) is 0.192. The van der Waals surface area contributed by atoms with Gasteiger partial charge in [-0.1, -0.05) is 42.8 Å². The molecule has 0 atom stereocenters. The number of imidazole rings is 1. The Kier molecular flexibility index (Phi) is 6.73. The Bertz CT molecular complexity index is 1620. The molecule has 2 aliphatic heterocycles. The number of alkyl halides is 3. The van der Waals surface area contributed by atoms with Crippen molar-refractivity contribution in [2.45, 2.75) is 32.0 Å². The van der Waals surface area contributed by atoms with Crippen LogP contribution in [0.4, 0.5) is 22.0 Å². The van der Waals surface area contributed by atoms with Gasteiger partial charge in [-0.25, -0.2) is 18.7 Å². The summed E-state index contributed by atoms with van der Waals surface area (Å²) < 4.78 is 77.1. The minimum Gasteiger partial charge on any atom is -0.493 e. The fraction of sp³-hybridized carbons (Fsp3) is 0.226. The summed E-state index contributed by atoms with van der Waals surface area (Å²) in [6.45, 7) is 0.862. The third-order valence-corrected chi connectivity index (χ3v) is 7.26. The smallest absolute Gasteiger partial charge is 0.417 e. The lowest BCUT2D eigenvalue weighted by Crippen LogP contribution is -2.19. The van der Waals surface area contributed by atoms with E-state index >= 15 is 0 Å². The lowest BCUT2D eigenvalue weighted by molar-refractivity contribution is -0.137. The standard InChI is InChI=1S/C31H24F5N3O/c32-26-6-2-5-24(29(26)33)30-37-27-13-14-39(17-28(27)38-30)16-19-7-9-21(10-8-19)23-12-11-22(15-25(23)31(34,35)36)40-18-20-3-1-4-20/h2,5-15,17,20H,1,3-4,16,18H2. The molecule has 0 N–H and O–H groups in total. The van der Waals surface area contributed by atoms with Crippen LogP contribution in [0.5, 0.6) is 5.75 Å². The monoisotopic (exact) mass is 549 g/mol. The average molecular weight is 550 g/mol. The highest BCUT2D eigenvalue weighted by Gasteiger charge is 2.34. The lowest BCUT2D eigenvalue weighted by Gasteiger charge is -2.25. The molecule has 3 aliphatic rings. The summed E-state index contributed by atoms with van der Waals surface area (Å²) in [6.07, 6.45) is 2.24. The molecule has 0 saturated heterocycles. The van der Waals surface area contributed by atoms with E-state index in [2.05, 4.69) is 9.97 Å². The summed E-state index contributed by atoms with van der Waals surface area (Å²) >= 11 is 0. The summed E-state index contributed by atoms with van der Waals surface area (Å²) in [5, 5.41) is 0. The van der Waals surface area contributed by atoms with Crippen molar-refractivity contribution in [3.8, 4) is 39.7 Å². The Morgan fingerprint density at radius 3 is 2.38 bits per heavy atom. The first kappa shape index (κ1) is 26.0. The van der Waals surface area contributed by atoms with Gasteiger partial charge in [0.05, 0.1) is 23.4 Å². The lowest BCUT2D eigenvalue weighted by atomic mass is 9.86. The highest BCUT2D eigenvalue weighted by Crippen LogP contribution is 2.40. The van der Waals surface area contributed by atoms with Crippen molar-refractivity contribution in [1.29, 1.82) is 0 Å². The number of nitrogens with zero attached hydrogens (tertiary/aromatic N) is 3. The fourth-order valence-electron chi connectivity index (χ4n) is 4.82. The molecule has 204 valence electrons. The SMILES string of the molecule is Fc1cccc(-c2nc3ccn(Cc4ccc(-c5ccc(OCC6CCC6)cc5C(F)(F)F)cc4)cc-3n2)c1F. The maximum atomic E-state index is 14.2. The van der Waals surface area contributed by atoms with E-state index < -0.39 is 23.4 Å². The van der Waals surface area contributed by atoms with Gasteiger partial charge in [0.2, 0.25) is 0 Å². The van der Waals surface area contributed by atoms with E-state index in [0.29, 0.717) is 36.0 Å². The minimum absolute atomic E-state index is 0.0190. The average Bonchev–Trinajstić information content (AvgIpc) is 3.32. The zero-order chi connectivity index (χ0) is 27.9. The van der Waals surface area contributed by atoms with Crippen molar-refractivity contribution in [3.63, 3.8) is 0 Å². The van der Waals surface area contributed by atoms with Crippen molar-refractivity contribution < 1.29 is 26.7 Å². The molecule has 1 aliphatic carbocycles. The summed E-state index contributed by atoms with van der Waals surface area (Å²) in [7, 11) is 0. The fourth-order valence-corrected chi connectivity index (χ4v) is 4.82. The van der Waals surface area contributed by atoms with Crippen molar-refractivity contribution in [3.05, 3.63) is 102 Å². The molecule has 4 nitrogen and oxygen atoms in total. The Morgan fingerprint density at radius 2 is 1.65 bits per heavy atom. The molecule has 1 saturated carbocycles. The third kappa shape index (κ3) is 5.28. The molecule has 0 radical (unpaired) electrons. The van der Waals surface area contributed by atoms with Crippen LogP contribution in [0.1, 0.15) is 30.4 Å². The molecule has 0 aromatic heterocycles. The van der Waals surface area contributed by atoms with Gasteiger partial charge < -0.3 is 9.30 Å². The van der Waals surface area contributed by atoms with Crippen LogP contribution in [-0.2, 0) is 12.7 Å². The van der Waals surface area contributed by atoms with Crippen LogP contribution in [0, 0.1) is 17.6 Å². The Hall–Kier alpha value is -4.27. The number of hydrogen-bond donors (Lipinski definition) is 0. The third-order valence-electron chi connectivity index (χ3n) is 7.26. The van der Waals surface area contributed by atoms with Crippen LogP contribution in [-0.4, -0.2) is 21.1 Å². The zero-order valence-corrected chi connectivity index (χ0v) is 21.3. The number of fused-ring (bicyclic) bond motifs is 1. The van der Waals surface area contributed by atoms with Gasteiger partial charge in [0.25, 0.3) is 0 Å². The summed E-state index contributed by atoms with van der Waals surface area (Å²) in [4.78, 5) is 8.66. The van der Waals surface area contributed by atoms with Gasteiger partial charge in [0.1, 0.15) is 11.4 Å². The van der Waals surface area contributed by atoms with E-state index in [4.69, 9.17) is 4.74 Å². The van der Waals surface area contributed by atoms with Gasteiger partial charge in [-0.05, 0) is 65.8 Å². The van der Waals surface area contributed by atoms with Crippen molar-refractivity contribution >= 4 is 0 Å². The largest absolute Gasteiger partial charge is 0.493 e. The predicted octanol–water partition coefficient (Wildman–Crippen LogP) is 8.24. The summed E-state index contributed by atoms with van der Waals surface area (Å²) in [6, 6.07) is 16.6. The molecule has 3 aromatic carbocycles. The molecule has 0 amide bonds. The number of hydrogen-bond acceptors (Lipinski definition) is 3. The van der Waals surface area contributed by atoms with Gasteiger partial charge in [-0.3, -0.25) is 0 Å². The highest BCUT2D eigenvalue weighted by atomic mass is 19.4. The van der Waals surface area contributed by atoms with Crippen LogP contribution in [0.25, 0.3) is 33.9 Å². The van der Waals surface area contributed by atoms with Crippen LogP contribution in [0.2, 0.25) is 0 Å². The second-order valence-corrected chi connectivity index (χ2v) is 10.0. The Balaban J connectivity index is 1.21. The molecule has 2 heterocycles. The molecule has 6 rings (SSSR count). The molecule has 0 unspecified atom stereocenters. The number of benzene rings is 3.